The molecule has 2 heterocycles. The van der Waals surface area contributed by atoms with E-state index >= 15 is 0 Å². The molecule has 3 rings (SSSR count). The van der Waals surface area contributed by atoms with Crippen LogP contribution in [0.3, 0.4) is 0 Å². The summed E-state index contributed by atoms with van der Waals surface area (Å²) in [4.78, 5) is 8.38. The molecular weight excluding hydrogens is 226 g/mol. The van der Waals surface area contributed by atoms with Gasteiger partial charge in [0.05, 0.1) is 11.8 Å². The van der Waals surface area contributed by atoms with E-state index in [1.54, 1.807) is 12.4 Å². The van der Waals surface area contributed by atoms with Crippen LogP contribution in [-0.2, 0) is 0 Å². The molecule has 0 bridgehead atoms. The smallest absolute Gasteiger partial charge is 0.154 e. The van der Waals surface area contributed by atoms with Gasteiger partial charge in [0.25, 0.3) is 0 Å². The molecular formula is C11H12ClN3O. The average Bonchev–Trinajstić information content (AvgIpc) is 2.59. The summed E-state index contributed by atoms with van der Waals surface area (Å²) in [6.07, 6.45) is 6.77. The zero-order valence-electron chi connectivity index (χ0n) is 8.89. The molecule has 0 saturated heterocycles. The molecule has 4 nitrogen and oxygen atoms in total. The summed E-state index contributed by atoms with van der Waals surface area (Å²) < 4.78 is 1.95. The molecule has 5 heteroatoms. The summed E-state index contributed by atoms with van der Waals surface area (Å²) in [7, 11) is 0. The molecule has 1 aliphatic carbocycles. The van der Waals surface area contributed by atoms with Gasteiger partial charge < -0.3 is 5.11 Å². The van der Waals surface area contributed by atoms with E-state index in [4.69, 9.17) is 11.6 Å². The lowest BCUT2D eigenvalue weighted by Gasteiger charge is -2.40. The normalized spacial score (nSPS) is 29.3. The third-order valence-corrected chi connectivity index (χ3v) is 3.47. The molecule has 0 aromatic carbocycles. The molecule has 0 aliphatic heterocycles. The van der Waals surface area contributed by atoms with Gasteiger partial charge in [0, 0.05) is 18.3 Å². The first-order valence-corrected chi connectivity index (χ1v) is 5.64. The summed E-state index contributed by atoms with van der Waals surface area (Å²) >= 11 is 5.97. The van der Waals surface area contributed by atoms with E-state index in [9.17, 15) is 5.11 Å². The first-order valence-electron chi connectivity index (χ1n) is 5.27. The minimum atomic E-state index is -0.534. The largest absolute Gasteiger partial charge is 0.390 e. The summed E-state index contributed by atoms with van der Waals surface area (Å²) in [5, 5.41) is 10.2. The number of aromatic nitrogens is 3. The minimum absolute atomic E-state index is 0.316. The van der Waals surface area contributed by atoms with Crippen LogP contribution in [0.2, 0.25) is 5.15 Å². The quantitative estimate of drug-likeness (QED) is 0.826. The molecule has 0 unspecified atom stereocenters. The van der Waals surface area contributed by atoms with E-state index in [-0.39, 0.29) is 0 Å². The van der Waals surface area contributed by atoms with Crippen LogP contribution in [0.5, 0.6) is 0 Å². The zero-order chi connectivity index (χ0) is 11.3. The Labute approximate surface area is 97.9 Å². The molecule has 0 amide bonds. The summed E-state index contributed by atoms with van der Waals surface area (Å²) in [6.45, 7) is 1.85. The van der Waals surface area contributed by atoms with Crippen molar-refractivity contribution in [1.82, 2.24) is 14.4 Å². The van der Waals surface area contributed by atoms with Crippen LogP contribution >= 0.6 is 11.6 Å². The number of nitrogens with zero attached hydrogens (tertiary/aromatic N) is 3. The molecule has 1 fully saturated rings. The Morgan fingerprint density at radius 1 is 1.50 bits per heavy atom. The Morgan fingerprint density at radius 3 is 2.94 bits per heavy atom. The van der Waals surface area contributed by atoms with Crippen LogP contribution in [0, 0.1) is 0 Å². The van der Waals surface area contributed by atoms with Crippen molar-refractivity contribution in [3.8, 4) is 0 Å². The fourth-order valence-electron chi connectivity index (χ4n) is 2.40. The third kappa shape index (κ3) is 1.41. The Hall–Kier alpha value is -1.13. The second kappa shape index (κ2) is 3.18. The van der Waals surface area contributed by atoms with Gasteiger partial charge >= 0.3 is 0 Å². The van der Waals surface area contributed by atoms with E-state index in [0.29, 0.717) is 11.1 Å². The molecule has 1 saturated carbocycles. The molecule has 16 heavy (non-hydrogen) atoms. The van der Waals surface area contributed by atoms with Crippen molar-refractivity contribution >= 4 is 17.1 Å². The Kier molecular flexibility index (Phi) is 2.00. The van der Waals surface area contributed by atoms with Gasteiger partial charge in [-0.3, -0.25) is 4.40 Å². The van der Waals surface area contributed by atoms with Gasteiger partial charge in [0.15, 0.2) is 5.15 Å². The highest BCUT2D eigenvalue weighted by molar-refractivity contribution is 6.32. The van der Waals surface area contributed by atoms with Crippen LogP contribution in [0.25, 0.3) is 5.52 Å². The first kappa shape index (κ1) is 10.1. The van der Waals surface area contributed by atoms with E-state index < -0.39 is 5.60 Å². The maximum Gasteiger partial charge on any atom is 0.154 e. The monoisotopic (exact) mass is 237 g/mol. The second-order valence-corrected chi connectivity index (χ2v) is 5.05. The number of hydrogen-bond acceptors (Lipinski definition) is 3. The lowest BCUT2D eigenvalue weighted by molar-refractivity contribution is -0.0335. The molecule has 2 aromatic rings. The first-order chi connectivity index (χ1) is 7.57. The van der Waals surface area contributed by atoms with Crippen molar-refractivity contribution < 1.29 is 5.11 Å². The summed E-state index contributed by atoms with van der Waals surface area (Å²) in [6, 6.07) is 0. The highest BCUT2D eigenvalue weighted by atomic mass is 35.5. The maximum atomic E-state index is 9.73. The van der Waals surface area contributed by atoms with E-state index in [1.807, 2.05) is 17.5 Å². The molecule has 84 valence electrons. The van der Waals surface area contributed by atoms with Gasteiger partial charge in [0.2, 0.25) is 0 Å². The van der Waals surface area contributed by atoms with Crippen LogP contribution in [-0.4, -0.2) is 25.1 Å². The van der Waals surface area contributed by atoms with Gasteiger partial charge in [-0.25, -0.2) is 9.97 Å². The average molecular weight is 238 g/mol. The number of aliphatic hydroxyl groups is 1. The minimum Gasteiger partial charge on any atom is -0.390 e. The maximum absolute atomic E-state index is 9.73. The van der Waals surface area contributed by atoms with Gasteiger partial charge in [0.1, 0.15) is 11.3 Å². The second-order valence-electron chi connectivity index (χ2n) is 4.69. The van der Waals surface area contributed by atoms with Crippen molar-refractivity contribution in [2.45, 2.75) is 31.3 Å². The van der Waals surface area contributed by atoms with Crippen molar-refractivity contribution in [3.63, 3.8) is 0 Å². The molecule has 1 aliphatic rings. The third-order valence-electron chi connectivity index (χ3n) is 3.18. The van der Waals surface area contributed by atoms with Crippen molar-refractivity contribution in [2.24, 2.45) is 0 Å². The van der Waals surface area contributed by atoms with Gasteiger partial charge in [-0.15, -0.1) is 0 Å². The topological polar surface area (TPSA) is 50.4 Å². The molecule has 0 spiro atoms. The molecule has 2 aromatic heterocycles. The number of halogens is 1. The number of imidazole rings is 1. The Balaban J connectivity index is 2.03. The van der Waals surface area contributed by atoms with E-state index in [0.717, 1.165) is 24.2 Å². The Bertz CT molecular complexity index is 541. The Morgan fingerprint density at radius 2 is 2.25 bits per heavy atom. The van der Waals surface area contributed by atoms with Gasteiger partial charge in [-0.05, 0) is 19.8 Å². The highest BCUT2D eigenvalue weighted by Crippen LogP contribution is 2.43. The van der Waals surface area contributed by atoms with Crippen LogP contribution < -0.4 is 0 Å². The number of hydrogen-bond donors (Lipinski definition) is 1. The van der Waals surface area contributed by atoms with Gasteiger partial charge in [-0.1, -0.05) is 11.6 Å². The fraction of sp³-hybridized carbons (Fsp3) is 0.455. The van der Waals surface area contributed by atoms with Crippen LogP contribution in [0.1, 0.15) is 31.5 Å². The lowest BCUT2D eigenvalue weighted by Crippen LogP contribution is -2.39. The van der Waals surface area contributed by atoms with Gasteiger partial charge in [-0.2, -0.15) is 0 Å². The molecule has 0 atom stereocenters. The predicted octanol–water partition coefficient (Wildman–Crippen LogP) is 2.01. The van der Waals surface area contributed by atoms with Crippen LogP contribution in [0.4, 0.5) is 0 Å². The molecule has 0 radical (unpaired) electrons. The predicted molar refractivity (Wildman–Crippen MR) is 60.6 cm³/mol. The SMILES string of the molecule is CC1(O)CC(c2ncc3c(Cl)nccn23)C1. The summed E-state index contributed by atoms with van der Waals surface area (Å²) in [5.74, 6) is 1.28. The van der Waals surface area contributed by atoms with Crippen molar-refractivity contribution in [2.75, 3.05) is 0 Å². The highest BCUT2D eigenvalue weighted by Gasteiger charge is 2.41. The molecule has 1 N–H and O–H groups in total. The fourth-order valence-corrected chi connectivity index (χ4v) is 2.60. The van der Waals surface area contributed by atoms with E-state index in [2.05, 4.69) is 9.97 Å². The number of fused-ring (bicyclic) bond motifs is 1. The van der Waals surface area contributed by atoms with Crippen molar-refractivity contribution in [3.05, 3.63) is 29.6 Å². The standard InChI is InChI=1S/C11H12ClN3O/c1-11(16)4-7(5-11)10-14-6-8-9(12)13-2-3-15(8)10/h2-3,6-7,16H,4-5H2,1H3. The zero-order valence-corrected chi connectivity index (χ0v) is 9.65. The summed E-state index contributed by atoms with van der Waals surface area (Å²) in [5.41, 5.74) is 0.290. The van der Waals surface area contributed by atoms with E-state index in [1.165, 1.54) is 0 Å². The number of rotatable bonds is 1. The van der Waals surface area contributed by atoms with Crippen molar-refractivity contribution in [1.29, 1.82) is 0 Å². The van der Waals surface area contributed by atoms with Crippen LogP contribution in [0.15, 0.2) is 18.6 Å². The lowest BCUT2D eigenvalue weighted by atomic mass is 9.72.